The Kier molecular flexibility index (Phi) is 10.9. The number of carbonyl (C=O) groups is 2. The van der Waals surface area contributed by atoms with Crippen LogP contribution in [0.1, 0.15) is 57.9 Å². The van der Waals surface area contributed by atoms with Crippen LogP contribution in [0.15, 0.2) is 35.9 Å². The van der Waals surface area contributed by atoms with E-state index in [0.717, 1.165) is 38.5 Å². The van der Waals surface area contributed by atoms with Gasteiger partial charge in [0.1, 0.15) is 5.76 Å². The highest BCUT2D eigenvalue weighted by atomic mass is 16.6. The molecule has 0 atom stereocenters. The number of methoxy groups -OCH3 is 1. The Labute approximate surface area is 156 Å². The van der Waals surface area contributed by atoms with E-state index in [-0.39, 0.29) is 24.5 Å². The van der Waals surface area contributed by atoms with E-state index in [1.807, 2.05) is 18.2 Å². The summed E-state index contributed by atoms with van der Waals surface area (Å²) in [4.78, 5) is 25.1. The van der Waals surface area contributed by atoms with Gasteiger partial charge in [-0.15, -0.1) is 0 Å². The average Bonchev–Trinajstić information content (AvgIpc) is 2.67. The normalized spacial score (nSPS) is 10.1. The Morgan fingerprint density at radius 2 is 1.31 bits per heavy atom. The van der Waals surface area contributed by atoms with Gasteiger partial charge in [0.2, 0.25) is 0 Å². The van der Waals surface area contributed by atoms with Gasteiger partial charge in [-0.1, -0.05) is 69.9 Å². The maximum absolute atomic E-state index is 12.5. The number of rotatable bonds is 12. The molecule has 1 rings (SSSR count). The molecule has 0 fully saturated rings. The van der Waals surface area contributed by atoms with Gasteiger partial charge in [-0.05, 0) is 12.8 Å². The predicted octanol–water partition coefficient (Wildman–Crippen LogP) is 4.51. The summed E-state index contributed by atoms with van der Waals surface area (Å²) in [7, 11) is 1.43. The molecule has 0 aliphatic rings. The molecule has 0 aliphatic heterocycles. The van der Waals surface area contributed by atoms with Crippen molar-refractivity contribution in [3.63, 3.8) is 0 Å². The van der Waals surface area contributed by atoms with Gasteiger partial charge in [-0.25, -0.2) is 9.59 Å². The molecule has 1 aromatic rings. The fourth-order valence-electron chi connectivity index (χ4n) is 2.40. The fourth-order valence-corrected chi connectivity index (χ4v) is 2.40. The van der Waals surface area contributed by atoms with Crippen molar-refractivity contribution < 1.29 is 23.8 Å². The Bertz CT molecular complexity index is 551. The van der Waals surface area contributed by atoms with Gasteiger partial charge in [0.25, 0.3) is 0 Å². The smallest absolute Gasteiger partial charge is 0.349 e. The summed E-state index contributed by atoms with van der Waals surface area (Å²) in [6.45, 7) is 4.68. The lowest BCUT2D eigenvalue weighted by atomic mass is 10.1. The second kappa shape index (κ2) is 13.0. The molecular formula is C21H30O5. The van der Waals surface area contributed by atoms with Gasteiger partial charge in [-0.3, -0.25) is 0 Å². The molecule has 26 heavy (non-hydrogen) atoms. The lowest BCUT2D eigenvalue weighted by Gasteiger charge is -2.14. The average molecular weight is 362 g/mol. The van der Waals surface area contributed by atoms with Crippen molar-refractivity contribution in [1.29, 1.82) is 0 Å². The molecule has 5 nitrogen and oxygen atoms in total. The van der Waals surface area contributed by atoms with Crippen LogP contribution in [0, 0.1) is 0 Å². The van der Waals surface area contributed by atoms with Gasteiger partial charge < -0.3 is 14.2 Å². The first-order chi connectivity index (χ1) is 12.7. The van der Waals surface area contributed by atoms with E-state index in [1.165, 1.54) is 7.11 Å². The van der Waals surface area contributed by atoms with Crippen LogP contribution in [0.25, 0.3) is 5.76 Å². The van der Waals surface area contributed by atoms with Gasteiger partial charge in [-0.2, -0.15) is 0 Å². The summed E-state index contributed by atoms with van der Waals surface area (Å²) in [5.41, 5.74) is 0.438. The monoisotopic (exact) mass is 362 g/mol. The van der Waals surface area contributed by atoms with Crippen LogP contribution in [-0.2, 0) is 23.8 Å². The highest BCUT2D eigenvalue weighted by Gasteiger charge is 2.28. The molecule has 0 aromatic heterocycles. The zero-order valence-electron chi connectivity index (χ0n) is 16.1. The number of hydrogen-bond donors (Lipinski definition) is 0. The minimum Gasteiger partial charge on any atom is -0.495 e. The lowest BCUT2D eigenvalue weighted by Crippen LogP contribution is -2.21. The van der Waals surface area contributed by atoms with Gasteiger partial charge >= 0.3 is 11.9 Å². The third-order valence-corrected chi connectivity index (χ3v) is 3.84. The van der Waals surface area contributed by atoms with Crippen LogP contribution in [0.3, 0.4) is 0 Å². The predicted molar refractivity (Wildman–Crippen MR) is 101 cm³/mol. The first kappa shape index (κ1) is 21.7. The lowest BCUT2D eigenvalue weighted by molar-refractivity contribution is -0.147. The van der Waals surface area contributed by atoms with Crippen molar-refractivity contribution in [2.75, 3.05) is 20.3 Å². The molecule has 0 saturated carbocycles. The Morgan fingerprint density at radius 1 is 0.808 bits per heavy atom. The summed E-state index contributed by atoms with van der Waals surface area (Å²) >= 11 is 0. The number of benzene rings is 1. The van der Waals surface area contributed by atoms with E-state index in [2.05, 4.69) is 13.8 Å². The first-order valence-corrected chi connectivity index (χ1v) is 9.33. The van der Waals surface area contributed by atoms with Gasteiger partial charge in [0.05, 0.1) is 20.3 Å². The second-order valence-electron chi connectivity index (χ2n) is 5.96. The maximum atomic E-state index is 12.5. The summed E-state index contributed by atoms with van der Waals surface area (Å²) in [5, 5.41) is 0. The van der Waals surface area contributed by atoms with Crippen molar-refractivity contribution >= 4 is 17.7 Å². The van der Waals surface area contributed by atoms with E-state index in [0.29, 0.717) is 5.56 Å². The first-order valence-electron chi connectivity index (χ1n) is 9.33. The molecule has 0 radical (unpaired) electrons. The summed E-state index contributed by atoms with van der Waals surface area (Å²) in [6, 6.07) is 9.01. The highest BCUT2D eigenvalue weighted by molar-refractivity contribution is 6.19. The Balaban J connectivity index is 3.01. The summed E-state index contributed by atoms with van der Waals surface area (Å²) in [5.74, 6) is -1.24. The molecule has 0 spiro atoms. The highest BCUT2D eigenvalue weighted by Crippen LogP contribution is 2.22. The summed E-state index contributed by atoms with van der Waals surface area (Å²) in [6.07, 6.45) is 5.48. The second-order valence-corrected chi connectivity index (χ2v) is 5.96. The fraction of sp³-hybridized carbons (Fsp3) is 0.524. The number of ether oxygens (including phenoxy) is 3. The van der Waals surface area contributed by atoms with E-state index >= 15 is 0 Å². The van der Waals surface area contributed by atoms with Crippen molar-refractivity contribution in [3.05, 3.63) is 41.5 Å². The molecule has 0 N–H and O–H groups in total. The molecule has 0 aliphatic carbocycles. The molecule has 1 aromatic carbocycles. The van der Waals surface area contributed by atoms with Gasteiger partial charge in [0, 0.05) is 5.56 Å². The molecule has 5 heteroatoms. The van der Waals surface area contributed by atoms with Crippen molar-refractivity contribution in [2.45, 2.75) is 52.4 Å². The molecule has 0 saturated heterocycles. The molecule has 0 amide bonds. The maximum Gasteiger partial charge on any atom is 0.349 e. The number of hydrogen-bond acceptors (Lipinski definition) is 5. The third kappa shape index (κ3) is 7.30. The Morgan fingerprint density at radius 3 is 1.73 bits per heavy atom. The largest absolute Gasteiger partial charge is 0.495 e. The van der Waals surface area contributed by atoms with Crippen molar-refractivity contribution in [1.82, 2.24) is 0 Å². The zero-order valence-corrected chi connectivity index (χ0v) is 16.1. The number of carbonyl (C=O) groups excluding carboxylic acids is 2. The van der Waals surface area contributed by atoms with Crippen LogP contribution < -0.4 is 0 Å². The van der Waals surface area contributed by atoms with Crippen LogP contribution >= 0.6 is 0 Å². The van der Waals surface area contributed by atoms with Gasteiger partial charge in [0.15, 0.2) is 5.57 Å². The zero-order chi connectivity index (χ0) is 19.2. The molecule has 0 bridgehead atoms. The van der Waals surface area contributed by atoms with Crippen LogP contribution in [0.4, 0.5) is 0 Å². The van der Waals surface area contributed by atoms with E-state index in [4.69, 9.17) is 14.2 Å². The molecule has 0 unspecified atom stereocenters. The molecule has 0 heterocycles. The van der Waals surface area contributed by atoms with Crippen LogP contribution in [0.2, 0.25) is 0 Å². The van der Waals surface area contributed by atoms with Crippen molar-refractivity contribution in [3.8, 4) is 0 Å². The van der Waals surface area contributed by atoms with Crippen molar-refractivity contribution in [2.24, 2.45) is 0 Å². The quantitative estimate of drug-likeness (QED) is 0.137. The Hall–Kier alpha value is -2.30. The standard InChI is InChI=1S/C21H30O5/c1-4-6-11-15-25-20(22)18(21(23)26-16-12-7-5-2)19(24-3)17-13-9-8-10-14-17/h8-10,13-14H,4-7,11-12,15-16H2,1-3H3. The van der Waals surface area contributed by atoms with Crippen LogP contribution in [-0.4, -0.2) is 32.3 Å². The SMILES string of the molecule is CCCCCOC(=O)C(C(=O)OCCCCC)=C(OC)c1ccccc1. The third-order valence-electron chi connectivity index (χ3n) is 3.84. The molecular weight excluding hydrogens is 332 g/mol. The number of esters is 2. The van der Waals surface area contributed by atoms with E-state index in [1.54, 1.807) is 12.1 Å². The topological polar surface area (TPSA) is 61.8 Å². The van der Waals surface area contributed by atoms with Crippen LogP contribution in [0.5, 0.6) is 0 Å². The molecule has 144 valence electrons. The van der Waals surface area contributed by atoms with E-state index < -0.39 is 11.9 Å². The number of unbranched alkanes of at least 4 members (excludes halogenated alkanes) is 4. The minimum absolute atomic E-state index is 0.173. The summed E-state index contributed by atoms with van der Waals surface area (Å²) < 4.78 is 15.9. The minimum atomic E-state index is -0.706. The van der Waals surface area contributed by atoms with E-state index in [9.17, 15) is 9.59 Å².